The standard InChI is InChI=1S/C9H14OS/c1-6-5-8(7(2)11-6)9(3,4)10/h5,10H,1-4H3. The van der Waals surface area contributed by atoms with E-state index in [1.165, 1.54) is 9.75 Å². The number of hydrogen-bond donors (Lipinski definition) is 1. The topological polar surface area (TPSA) is 20.2 Å². The third-order valence-corrected chi connectivity index (χ3v) is 2.67. The number of rotatable bonds is 1. The minimum atomic E-state index is -0.686. The fraction of sp³-hybridized carbons (Fsp3) is 0.556. The third kappa shape index (κ3) is 1.82. The van der Waals surface area contributed by atoms with Gasteiger partial charge in [-0.1, -0.05) is 0 Å². The molecule has 1 nitrogen and oxygen atoms in total. The molecule has 0 saturated carbocycles. The summed E-state index contributed by atoms with van der Waals surface area (Å²) in [5.41, 5.74) is 0.370. The van der Waals surface area contributed by atoms with Gasteiger partial charge in [-0.3, -0.25) is 0 Å². The Labute approximate surface area is 71.7 Å². The normalized spacial score (nSPS) is 12.1. The summed E-state index contributed by atoms with van der Waals surface area (Å²) in [5, 5.41) is 9.69. The Morgan fingerprint density at radius 1 is 1.36 bits per heavy atom. The van der Waals surface area contributed by atoms with Crippen molar-refractivity contribution in [3.63, 3.8) is 0 Å². The van der Waals surface area contributed by atoms with E-state index >= 15 is 0 Å². The van der Waals surface area contributed by atoms with Crippen LogP contribution in [0.15, 0.2) is 6.07 Å². The zero-order valence-electron chi connectivity index (χ0n) is 7.43. The fourth-order valence-corrected chi connectivity index (χ4v) is 2.32. The van der Waals surface area contributed by atoms with Crippen LogP contribution in [0, 0.1) is 13.8 Å². The van der Waals surface area contributed by atoms with E-state index in [0.717, 1.165) is 5.56 Å². The number of thiophene rings is 1. The van der Waals surface area contributed by atoms with E-state index in [4.69, 9.17) is 0 Å². The Morgan fingerprint density at radius 3 is 2.09 bits per heavy atom. The molecule has 11 heavy (non-hydrogen) atoms. The molecular formula is C9H14OS. The minimum absolute atomic E-state index is 0.686. The predicted octanol–water partition coefficient (Wildman–Crippen LogP) is 2.59. The highest BCUT2D eigenvalue weighted by molar-refractivity contribution is 7.12. The van der Waals surface area contributed by atoms with Gasteiger partial charge in [0, 0.05) is 9.75 Å². The van der Waals surface area contributed by atoms with Crippen LogP contribution >= 0.6 is 11.3 Å². The molecule has 0 amide bonds. The van der Waals surface area contributed by atoms with Gasteiger partial charge in [0.05, 0.1) is 5.60 Å². The van der Waals surface area contributed by atoms with Gasteiger partial charge in [0.1, 0.15) is 0 Å². The first-order valence-electron chi connectivity index (χ1n) is 3.71. The molecule has 0 aliphatic carbocycles. The van der Waals surface area contributed by atoms with E-state index < -0.39 is 5.60 Å². The Morgan fingerprint density at radius 2 is 1.91 bits per heavy atom. The molecular weight excluding hydrogens is 156 g/mol. The van der Waals surface area contributed by atoms with Gasteiger partial charge in [0.2, 0.25) is 0 Å². The highest BCUT2D eigenvalue weighted by Crippen LogP contribution is 2.29. The van der Waals surface area contributed by atoms with Crippen LogP contribution in [0.5, 0.6) is 0 Å². The summed E-state index contributed by atoms with van der Waals surface area (Å²) in [5.74, 6) is 0. The summed E-state index contributed by atoms with van der Waals surface area (Å²) < 4.78 is 0. The van der Waals surface area contributed by atoms with E-state index in [1.807, 2.05) is 20.8 Å². The Balaban J connectivity index is 3.13. The molecule has 0 atom stereocenters. The molecule has 0 aliphatic heterocycles. The summed E-state index contributed by atoms with van der Waals surface area (Å²) in [7, 11) is 0. The lowest BCUT2D eigenvalue weighted by atomic mass is 9.99. The minimum Gasteiger partial charge on any atom is -0.386 e. The Bertz CT molecular complexity index is 255. The fourth-order valence-electron chi connectivity index (χ4n) is 1.24. The van der Waals surface area contributed by atoms with Crippen LogP contribution in [-0.2, 0) is 5.60 Å². The summed E-state index contributed by atoms with van der Waals surface area (Å²) in [6.07, 6.45) is 0. The van der Waals surface area contributed by atoms with Gasteiger partial charge in [-0.25, -0.2) is 0 Å². The van der Waals surface area contributed by atoms with Crippen molar-refractivity contribution >= 4 is 11.3 Å². The van der Waals surface area contributed by atoms with E-state index in [2.05, 4.69) is 13.0 Å². The van der Waals surface area contributed by atoms with Crippen molar-refractivity contribution in [1.82, 2.24) is 0 Å². The van der Waals surface area contributed by atoms with Crippen LogP contribution in [-0.4, -0.2) is 5.11 Å². The van der Waals surface area contributed by atoms with Gasteiger partial charge < -0.3 is 5.11 Å². The first-order chi connectivity index (χ1) is 4.91. The van der Waals surface area contributed by atoms with Crippen molar-refractivity contribution in [1.29, 1.82) is 0 Å². The molecule has 0 fully saturated rings. The zero-order chi connectivity index (χ0) is 8.65. The Kier molecular flexibility index (Phi) is 2.08. The predicted molar refractivity (Wildman–Crippen MR) is 49.0 cm³/mol. The molecule has 1 aromatic rings. The zero-order valence-corrected chi connectivity index (χ0v) is 8.25. The maximum absolute atomic E-state index is 9.69. The average molecular weight is 170 g/mol. The first kappa shape index (κ1) is 8.75. The molecule has 0 aliphatic rings. The van der Waals surface area contributed by atoms with Gasteiger partial charge in [-0.05, 0) is 39.3 Å². The molecule has 1 N–H and O–H groups in total. The number of hydrogen-bond acceptors (Lipinski definition) is 2. The average Bonchev–Trinajstić information content (AvgIpc) is 2.08. The maximum atomic E-state index is 9.69. The van der Waals surface area contributed by atoms with E-state index in [1.54, 1.807) is 11.3 Å². The maximum Gasteiger partial charge on any atom is 0.0851 e. The highest BCUT2D eigenvalue weighted by Gasteiger charge is 2.19. The SMILES string of the molecule is Cc1cc(C(C)(C)O)c(C)s1. The van der Waals surface area contributed by atoms with E-state index in [0.29, 0.717) is 0 Å². The molecule has 0 bridgehead atoms. The second kappa shape index (κ2) is 2.61. The van der Waals surface area contributed by atoms with E-state index in [-0.39, 0.29) is 0 Å². The molecule has 1 aromatic heterocycles. The molecule has 1 heterocycles. The first-order valence-corrected chi connectivity index (χ1v) is 4.53. The van der Waals surface area contributed by atoms with Crippen molar-refractivity contribution in [3.8, 4) is 0 Å². The molecule has 0 aromatic carbocycles. The van der Waals surface area contributed by atoms with Gasteiger partial charge in [-0.15, -0.1) is 11.3 Å². The summed E-state index contributed by atoms with van der Waals surface area (Å²) in [6.45, 7) is 7.75. The molecule has 0 spiro atoms. The smallest absolute Gasteiger partial charge is 0.0851 e. The summed E-state index contributed by atoms with van der Waals surface area (Å²) >= 11 is 1.74. The highest BCUT2D eigenvalue weighted by atomic mass is 32.1. The van der Waals surface area contributed by atoms with Crippen molar-refractivity contribution < 1.29 is 5.11 Å². The van der Waals surface area contributed by atoms with Crippen LogP contribution in [0.2, 0.25) is 0 Å². The van der Waals surface area contributed by atoms with Gasteiger partial charge in [-0.2, -0.15) is 0 Å². The monoisotopic (exact) mass is 170 g/mol. The van der Waals surface area contributed by atoms with Crippen molar-refractivity contribution in [3.05, 3.63) is 21.4 Å². The third-order valence-electron chi connectivity index (χ3n) is 1.70. The van der Waals surface area contributed by atoms with Crippen LogP contribution in [0.25, 0.3) is 0 Å². The lowest BCUT2D eigenvalue weighted by Gasteiger charge is -2.16. The molecule has 0 saturated heterocycles. The van der Waals surface area contributed by atoms with Gasteiger partial charge >= 0.3 is 0 Å². The van der Waals surface area contributed by atoms with Gasteiger partial charge in [0.25, 0.3) is 0 Å². The van der Waals surface area contributed by atoms with Gasteiger partial charge in [0.15, 0.2) is 0 Å². The van der Waals surface area contributed by atoms with Crippen LogP contribution < -0.4 is 0 Å². The van der Waals surface area contributed by atoms with Crippen molar-refractivity contribution in [2.45, 2.75) is 33.3 Å². The van der Waals surface area contributed by atoms with Crippen LogP contribution in [0.4, 0.5) is 0 Å². The van der Waals surface area contributed by atoms with Crippen molar-refractivity contribution in [2.24, 2.45) is 0 Å². The second-order valence-electron chi connectivity index (χ2n) is 3.39. The number of aliphatic hydroxyl groups is 1. The van der Waals surface area contributed by atoms with E-state index in [9.17, 15) is 5.11 Å². The van der Waals surface area contributed by atoms with Crippen LogP contribution in [0.1, 0.15) is 29.2 Å². The van der Waals surface area contributed by atoms with Crippen molar-refractivity contribution in [2.75, 3.05) is 0 Å². The molecule has 2 heteroatoms. The number of aryl methyl sites for hydroxylation is 2. The molecule has 1 rings (SSSR count). The summed E-state index contributed by atoms with van der Waals surface area (Å²) in [4.78, 5) is 2.48. The lowest BCUT2D eigenvalue weighted by molar-refractivity contribution is 0.0784. The molecule has 0 radical (unpaired) electrons. The molecule has 62 valence electrons. The second-order valence-corrected chi connectivity index (χ2v) is 4.85. The summed E-state index contributed by atoms with van der Waals surface area (Å²) in [6, 6.07) is 2.06. The van der Waals surface area contributed by atoms with Crippen LogP contribution in [0.3, 0.4) is 0 Å². The quantitative estimate of drug-likeness (QED) is 0.687. The largest absolute Gasteiger partial charge is 0.386 e. The molecule has 0 unspecified atom stereocenters. The Hall–Kier alpha value is -0.340. The lowest BCUT2D eigenvalue weighted by Crippen LogP contribution is -2.15.